The smallest absolute Gasteiger partial charge is 0.0228 e. The van der Waals surface area contributed by atoms with Gasteiger partial charge in [-0.25, -0.2) is 0 Å². The van der Waals surface area contributed by atoms with E-state index in [0.29, 0.717) is 18.5 Å². The van der Waals surface area contributed by atoms with Crippen molar-refractivity contribution in [3.05, 3.63) is 29.8 Å². The van der Waals surface area contributed by atoms with Crippen LogP contribution in [0.4, 0.5) is 0 Å². The van der Waals surface area contributed by atoms with E-state index in [4.69, 9.17) is 5.73 Å². The Balaban J connectivity index is 0. The van der Waals surface area contributed by atoms with Crippen LogP contribution in [0.5, 0.6) is 0 Å². The highest BCUT2D eigenvalue weighted by molar-refractivity contribution is 7.97. The highest BCUT2D eigenvalue weighted by Crippen LogP contribution is 2.14. The molecule has 1 rings (SSSR count). The van der Waals surface area contributed by atoms with Crippen LogP contribution in [0.15, 0.2) is 29.2 Å². The van der Waals surface area contributed by atoms with E-state index in [1.165, 1.54) is 16.9 Å². The second-order valence-corrected chi connectivity index (χ2v) is 6.52. The minimum atomic E-state index is 0.413. The molecule has 0 saturated carbocycles. The number of nitrogens with two attached hydrogens (primary N) is 1. The lowest BCUT2D eigenvalue weighted by Crippen LogP contribution is -2.42. The highest BCUT2D eigenvalue weighted by atomic mass is 32.2. The van der Waals surface area contributed by atoms with E-state index in [1.807, 2.05) is 13.8 Å². The van der Waals surface area contributed by atoms with Crippen molar-refractivity contribution in [3.8, 4) is 0 Å². The molecular weight excluding hydrogens is 302 g/mol. The molecule has 0 amide bonds. The largest absolute Gasteiger partial charge is 0.329 e. The van der Waals surface area contributed by atoms with Gasteiger partial charge in [-0.2, -0.15) is 0 Å². The van der Waals surface area contributed by atoms with Crippen LogP contribution in [0.2, 0.25) is 0 Å². The zero-order valence-electron chi connectivity index (χ0n) is 16.3. The van der Waals surface area contributed by atoms with Crippen LogP contribution in [0.1, 0.15) is 53.5 Å². The zero-order valence-corrected chi connectivity index (χ0v) is 17.1. The predicted octanol–water partition coefficient (Wildman–Crippen LogP) is 4.61. The molecule has 136 valence electrons. The summed E-state index contributed by atoms with van der Waals surface area (Å²) in [5, 5.41) is 3.46. The van der Waals surface area contributed by atoms with Gasteiger partial charge in [0.1, 0.15) is 0 Å². The Hall–Kier alpha value is -0.550. The number of nitrogens with one attached hydrogen (secondary N) is 2. The van der Waals surface area contributed by atoms with E-state index in [1.54, 1.807) is 11.9 Å². The third kappa shape index (κ3) is 14.8. The first-order valence-electron chi connectivity index (χ1n) is 8.94. The molecule has 0 aliphatic carbocycles. The predicted molar refractivity (Wildman–Crippen MR) is 108 cm³/mol. The normalized spacial score (nSPS) is 11.2. The first-order valence-corrected chi connectivity index (χ1v) is 9.76. The van der Waals surface area contributed by atoms with E-state index in [-0.39, 0.29) is 0 Å². The van der Waals surface area contributed by atoms with Crippen molar-refractivity contribution >= 4 is 11.9 Å². The van der Waals surface area contributed by atoms with Crippen molar-refractivity contribution < 1.29 is 0 Å². The first-order chi connectivity index (χ1) is 11.0. The lowest BCUT2D eigenvalue weighted by atomic mass is 10.1. The number of aryl methyl sites for hydroxylation is 1. The molecule has 0 bridgehead atoms. The van der Waals surface area contributed by atoms with Gasteiger partial charge in [-0.1, -0.05) is 65.7 Å². The van der Waals surface area contributed by atoms with Crippen LogP contribution in [-0.2, 0) is 0 Å². The van der Waals surface area contributed by atoms with Crippen molar-refractivity contribution in [1.82, 2.24) is 10.0 Å². The fourth-order valence-electron chi connectivity index (χ4n) is 1.64. The van der Waals surface area contributed by atoms with Gasteiger partial charge in [0, 0.05) is 30.6 Å². The summed E-state index contributed by atoms with van der Waals surface area (Å²) < 4.78 is 3.35. The third-order valence-corrected chi connectivity index (χ3v) is 3.76. The van der Waals surface area contributed by atoms with Crippen molar-refractivity contribution in [1.29, 1.82) is 0 Å². The molecule has 23 heavy (non-hydrogen) atoms. The Bertz CT molecular complexity index is 339. The Morgan fingerprint density at radius 3 is 2.00 bits per heavy atom. The van der Waals surface area contributed by atoms with Crippen LogP contribution >= 0.6 is 11.9 Å². The molecule has 1 aromatic rings. The second kappa shape index (κ2) is 17.8. The summed E-state index contributed by atoms with van der Waals surface area (Å²) in [5.41, 5.74) is 7.00. The highest BCUT2D eigenvalue weighted by Gasteiger charge is 2.09. The minimum Gasteiger partial charge on any atom is -0.329 e. The average Bonchev–Trinajstić information content (AvgIpc) is 2.55. The number of hydrogen-bond acceptors (Lipinski definition) is 4. The summed E-state index contributed by atoms with van der Waals surface area (Å²) in [6.45, 7) is 17.3. The van der Waals surface area contributed by atoms with Crippen molar-refractivity contribution in [2.45, 2.75) is 65.8 Å². The van der Waals surface area contributed by atoms with Gasteiger partial charge >= 0.3 is 0 Å². The van der Waals surface area contributed by atoms with E-state index < -0.39 is 0 Å². The summed E-state index contributed by atoms with van der Waals surface area (Å²) in [6.07, 6.45) is 1.25. The van der Waals surface area contributed by atoms with E-state index in [9.17, 15) is 0 Å². The van der Waals surface area contributed by atoms with Gasteiger partial charge < -0.3 is 11.1 Å². The Labute approximate surface area is 149 Å². The van der Waals surface area contributed by atoms with Crippen LogP contribution in [0.25, 0.3) is 0 Å². The Morgan fingerprint density at radius 2 is 1.57 bits per heavy atom. The fraction of sp³-hybridized carbons (Fsp3) is 0.684. The molecule has 0 aliphatic heterocycles. The van der Waals surface area contributed by atoms with Crippen LogP contribution in [-0.4, -0.2) is 25.7 Å². The first kappa shape index (κ1) is 24.7. The summed E-state index contributed by atoms with van der Waals surface area (Å²) >= 11 is 1.68. The molecule has 3 nitrogen and oxygen atoms in total. The Morgan fingerprint density at radius 1 is 1.04 bits per heavy atom. The molecule has 1 unspecified atom stereocenters. The zero-order chi connectivity index (χ0) is 18.1. The number of hydrogen-bond donors (Lipinski definition) is 3. The molecule has 0 saturated heterocycles. The van der Waals surface area contributed by atoms with Gasteiger partial charge in [0.05, 0.1) is 0 Å². The second-order valence-electron chi connectivity index (χ2n) is 5.56. The van der Waals surface area contributed by atoms with Gasteiger partial charge in [-0.3, -0.25) is 4.72 Å². The maximum Gasteiger partial charge on any atom is 0.0228 e. The van der Waals surface area contributed by atoms with Gasteiger partial charge in [0.25, 0.3) is 0 Å². The van der Waals surface area contributed by atoms with E-state index >= 15 is 0 Å². The molecule has 4 N–H and O–H groups in total. The molecule has 0 radical (unpaired) electrons. The molecule has 0 fully saturated rings. The van der Waals surface area contributed by atoms with Gasteiger partial charge in [-0.15, -0.1) is 0 Å². The van der Waals surface area contributed by atoms with Crippen LogP contribution in [0, 0.1) is 12.8 Å². The van der Waals surface area contributed by atoms with Crippen molar-refractivity contribution in [2.24, 2.45) is 11.7 Å². The van der Waals surface area contributed by atoms with E-state index in [2.05, 4.69) is 68.9 Å². The average molecular weight is 342 g/mol. The molecule has 4 heteroatoms. The van der Waals surface area contributed by atoms with Crippen molar-refractivity contribution in [3.63, 3.8) is 0 Å². The van der Waals surface area contributed by atoms with Gasteiger partial charge in [-0.05, 0) is 36.9 Å². The maximum atomic E-state index is 5.71. The minimum absolute atomic E-state index is 0.413. The van der Waals surface area contributed by atoms with Crippen LogP contribution in [0.3, 0.4) is 0 Å². The molecule has 0 aliphatic rings. The maximum absolute atomic E-state index is 5.71. The molecule has 0 aromatic heterocycles. The number of rotatable bonds is 8. The third-order valence-electron chi connectivity index (χ3n) is 2.90. The molecule has 0 heterocycles. The lowest BCUT2D eigenvalue weighted by Gasteiger charge is -2.20. The standard InChI is InChI=1S/C14H25N3S.C3H8.C2H6/c1-11(2)14(10-15)16-8-9-17-18-13-6-4-12(3)5-7-13;1-3-2;1-2/h4-7,11,14,16-17H,8-10,15H2,1-3H3;3H2,1-2H3;1-2H3. The topological polar surface area (TPSA) is 50.1 Å². The molecular formula is C19H39N3S. The summed E-state index contributed by atoms with van der Waals surface area (Å²) in [4.78, 5) is 1.25. The van der Waals surface area contributed by atoms with Crippen molar-refractivity contribution in [2.75, 3.05) is 19.6 Å². The lowest BCUT2D eigenvalue weighted by molar-refractivity contribution is 0.409. The quantitative estimate of drug-likeness (QED) is 0.477. The SMILES string of the molecule is CC.CCC.Cc1ccc(SNCCNC(CN)C(C)C)cc1. The summed E-state index contributed by atoms with van der Waals surface area (Å²) in [5.74, 6) is 0.583. The summed E-state index contributed by atoms with van der Waals surface area (Å²) in [7, 11) is 0. The molecule has 0 spiro atoms. The Kier molecular flexibility index (Phi) is 19.1. The summed E-state index contributed by atoms with van der Waals surface area (Å²) in [6, 6.07) is 8.95. The number of benzene rings is 1. The van der Waals surface area contributed by atoms with Gasteiger partial charge in [0.2, 0.25) is 0 Å². The van der Waals surface area contributed by atoms with Gasteiger partial charge in [0.15, 0.2) is 0 Å². The fourth-order valence-corrected chi connectivity index (χ4v) is 2.28. The molecule has 1 atom stereocenters. The monoisotopic (exact) mass is 341 g/mol. The van der Waals surface area contributed by atoms with Crippen LogP contribution < -0.4 is 15.8 Å². The molecule has 1 aromatic carbocycles. The van der Waals surface area contributed by atoms with E-state index in [0.717, 1.165) is 13.1 Å².